The Morgan fingerprint density at radius 3 is 2.58 bits per heavy atom. The smallest absolute Gasteiger partial charge is 0.212 e. The van der Waals surface area contributed by atoms with Crippen LogP contribution in [-0.2, 0) is 0 Å². The zero-order valence-corrected chi connectivity index (χ0v) is 12.9. The molecule has 0 saturated heterocycles. The summed E-state index contributed by atoms with van der Waals surface area (Å²) in [5.41, 5.74) is 0. The van der Waals surface area contributed by atoms with Gasteiger partial charge in [-0.1, -0.05) is 34.8 Å². The van der Waals surface area contributed by atoms with Gasteiger partial charge in [0.05, 0.1) is 14.2 Å². The van der Waals surface area contributed by atoms with Crippen molar-refractivity contribution in [2.24, 2.45) is 0 Å². The van der Waals surface area contributed by atoms with Crippen LogP contribution in [0.2, 0.25) is 14.4 Å². The van der Waals surface area contributed by atoms with Crippen molar-refractivity contribution in [3.8, 4) is 5.75 Å². The van der Waals surface area contributed by atoms with Crippen LogP contribution in [0.3, 0.4) is 0 Å². The molecule has 2 rings (SSSR count). The highest BCUT2D eigenvalue weighted by Gasteiger charge is 2.19. The Morgan fingerprint density at radius 2 is 1.95 bits per heavy atom. The van der Waals surface area contributed by atoms with Gasteiger partial charge in [0.2, 0.25) is 5.78 Å². The van der Waals surface area contributed by atoms with Crippen LogP contribution < -0.4 is 4.74 Å². The second-order valence-corrected chi connectivity index (χ2v) is 6.36. The highest BCUT2D eigenvalue weighted by molar-refractivity contribution is 7.18. The molecule has 1 aromatic heterocycles. The average molecular weight is 336 g/mol. The molecule has 1 heterocycles. The molecule has 0 aliphatic carbocycles. The van der Waals surface area contributed by atoms with Gasteiger partial charge in [0.15, 0.2) is 6.10 Å². The van der Waals surface area contributed by atoms with E-state index in [4.69, 9.17) is 39.5 Å². The molecule has 2 nitrogen and oxygen atoms in total. The fourth-order valence-corrected chi connectivity index (χ4v) is 2.84. The third kappa shape index (κ3) is 3.63. The Morgan fingerprint density at radius 1 is 1.21 bits per heavy atom. The van der Waals surface area contributed by atoms with Gasteiger partial charge >= 0.3 is 0 Å². The molecule has 1 aromatic carbocycles. The van der Waals surface area contributed by atoms with Crippen molar-refractivity contribution in [2.45, 2.75) is 13.0 Å². The third-order valence-electron chi connectivity index (χ3n) is 2.38. The van der Waals surface area contributed by atoms with Gasteiger partial charge in [-0.05, 0) is 31.2 Å². The number of hydrogen-bond donors (Lipinski definition) is 0. The highest BCUT2D eigenvalue weighted by Crippen LogP contribution is 2.30. The standard InChI is InChI=1S/C13H9Cl3O2S/c1-7(13(17)11-4-5-12(16)19-11)18-10-6-8(14)2-3-9(10)15/h2-7H,1H3. The number of benzene rings is 1. The Balaban J connectivity index is 2.14. The van der Waals surface area contributed by atoms with E-state index in [1.807, 2.05) is 0 Å². The molecule has 0 aliphatic heterocycles. The molecule has 1 atom stereocenters. The lowest BCUT2D eigenvalue weighted by molar-refractivity contribution is 0.0822. The molecular formula is C13H9Cl3O2S. The number of rotatable bonds is 4. The number of hydrogen-bond acceptors (Lipinski definition) is 3. The van der Waals surface area contributed by atoms with E-state index in [0.29, 0.717) is 25.0 Å². The summed E-state index contributed by atoms with van der Waals surface area (Å²) in [6, 6.07) is 8.21. The van der Waals surface area contributed by atoms with Crippen molar-refractivity contribution in [1.29, 1.82) is 0 Å². The molecule has 0 spiro atoms. The first-order chi connectivity index (χ1) is 8.97. The minimum absolute atomic E-state index is 0.145. The van der Waals surface area contributed by atoms with Crippen LogP contribution in [0.15, 0.2) is 30.3 Å². The van der Waals surface area contributed by atoms with E-state index in [2.05, 4.69) is 0 Å². The normalized spacial score (nSPS) is 12.2. The molecule has 1 unspecified atom stereocenters. The number of thiophene rings is 1. The number of Topliss-reactive ketones (excluding diaryl/α,β-unsaturated/α-hetero) is 1. The van der Waals surface area contributed by atoms with E-state index >= 15 is 0 Å². The van der Waals surface area contributed by atoms with E-state index in [1.54, 1.807) is 37.3 Å². The lowest BCUT2D eigenvalue weighted by atomic mass is 10.2. The summed E-state index contributed by atoms with van der Waals surface area (Å²) in [6.07, 6.45) is -0.661. The number of carbonyl (C=O) groups is 1. The predicted octanol–water partition coefficient (Wildman–Crippen LogP) is 5.36. The van der Waals surface area contributed by atoms with Crippen molar-refractivity contribution in [2.75, 3.05) is 0 Å². The van der Waals surface area contributed by atoms with Crippen LogP contribution in [0.5, 0.6) is 5.75 Å². The molecule has 0 aliphatic rings. The molecule has 6 heteroatoms. The maximum Gasteiger partial charge on any atom is 0.212 e. The minimum atomic E-state index is -0.661. The number of ether oxygens (including phenoxy) is 1. The summed E-state index contributed by atoms with van der Waals surface area (Å²) in [6.45, 7) is 1.66. The largest absolute Gasteiger partial charge is 0.481 e. The molecule has 100 valence electrons. The molecule has 19 heavy (non-hydrogen) atoms. The maximum atomic E-state index is 12.1. The lowest BCUT2D eigenvalue weighted by Gasteiger charge is -2.14. The molecule has 0 fully saturated rings. The zero-order valence-electron chi connectivity index (χ0n) is 9.82. The first kappa shape index (κ1) is 14.7. The Bertz CT molecular complexity index is 610. The first-order valence-electron chi connectivity index (χ1n) is 5.38. The molecular weight excluding hydrogens is 327 g/mol. The summed E-state index contributed by atoms with van der Waals surface area (Å²) in [5, 5.41) is 0.909. The fraction of sp³-hybridized carbons (Fsp3) is 0.154. The van der Waals surface area contributed by atoms with E-state index in [9.17, 15) is 4.79 Å². The maximum absolute atomic E-state index is 12.1. The Kier molecular flexibility index (Phi) is 4.74. The van der Waals surface area contributed by atoms with Gasteiger partial charge in [-0.15, -0.1) is 11.3 Å². The van der Waals surface area contributed by atoms with Crippen LogP contribution in [0.4, 0.5) is 0 Å². The van der Waals surface area contributed by atoms with Gasteiger partial charge < -0.3 is 4.74 Å². The van der Waals surface area contributed by atoms with Crippen molar-refractivity contribution >= 4 is 51.9 Å². The second kappa shape index (κ2) is 6.14. The van der Waals surface area contributed by atoms with Gasteiger partial charge in [0.25, 0.3) is 0 Å². The van der Waals surface area contributed by atoms with Crippen LogP contribution >= 0.6 is 46.1 Å². The lowest BCUT2D eigenvalue weighted by Crippen LogP contribution is -2.23. The minimum Gasteiger partial charge on any atom is -0.481 e. The van der Waals surface area contributed by atoms with E-state index < -0.39 is 6.10 Å². The molecule has 0 radical (unpaired) electrons. The van der Waals surface area contributed by atoms with Gasteiger partial charge in [-0.3, -0.25) is 4.79 Å². The van der Waals surface area contributed by atoms with Crippen LogP contribution in [-0.4, -0.2) is 11.9 Å². The summed E-state index contributed by atoms with van der Waals surface area (Å²) in [5.74, 6) is 0.241. The molecule has 0 saturated carbocycles. The molecule has 0 amide bonds. The third-order valence-corrected chi connectivity index (χ3v) is 4.18. The van der Waals surface area contributed by atoms with Crippen molar-refractivity contribution in [3.63, 3.8) is 0 Å². The number of halogens is 3. The van der Waals surface area contributed by atoms with Gasteiger partial charge in [0, 0.05) is 11.1 Å². The summed E-state index contributed by atoms with van der Waals surface area (Å²) >= 11 is 18.9. The predicted molar refractivity (Wildman–Crippen MR) is 80.2 cm³/mol. The Hall–Kier alpha value is -0.740. The van der Waals surface area contributed by atoms with E-state index in [-0.39, 0.29) is 5.78 Å². The number of ketones is 1. The van der Waals surface area contributed by atoms with E-state index in [0.717, 1.165) is 0 Å². The van der Waals surface area contributed by atoms with Crippen molar-refractivity contribution in [1.82, 2.24) is 0 Å². The molecule has 2 aromatic rings. The zero-order chi connectivity index (χ0) is 14.0. The average Bonchev–Trinajstić information content (AvgIpc) is 2.79. The SMILES string of the molecule is CC(Oc1cc(Cl)ccc1Cl)C(=O)c1ccc(Cl)s1. The number of carbonyl (C=O) groups excluding carboxylic acids is 1. The Labute approximate surface area is 129 Å². The van der Waals surface area contributed by atoms with Crippen LogP contribution in [0.25, 0.3) is 0 Å². The van der Waals surface area contributed by atoms with Gasteiger partial charge in [-0.25, -0.2) is 0 Å². The topological polar surface area (TPSA) is 26.3 Å². The second-order valence-electron chi connectivity index (χ2n) is 3.80. The summed E-state index contributed by atoms with van der Waals surface area (Å²) < 4.78 is 6.12. The molecule has 0 N–H and O–H groups in total. The molecule has 0 bridgehead atoms. The summed E-state index contributed by atoms with van der Waals surface area (Å²) in [7, 11) is 0. The van der Waals surface area contributed by atoms with E-state index in [1.165, 1.54) is 11.3 Å². The van der Waals surface area contributed by atoms with Crippen LogP contribution in [0.1, 0.15) is 16.6 Å². The van der Waals surface area contributed by atoms with Gasteiger partial charge in [-0.2, -0.15) is 0 Å². The highest BCUT2D eigenvalue weighted by atomic mass is 35.5. The quantitative estimate of drug-likeness (QED) is 0.703. The first-order valence-corrected chi connectivity index (χ1v) is 7.33. The monoisotopic (exact) mass is 334 g/mol. The van der Waals surface area contributed by atoms with Gasteiger partial charge in [0.1, 0.15) is 5.75 Å². The fourth-order valence-electron chi connectivity index (χ4n) is 1.46. The summed E-state index contributed by atoms with van der Waals surface area (Å²) in [4.78, 5) is 12.7. The van der Waals surface area contributed by atoms with Crippen molar-refractivity contribution < 1.29 is 9.53 Å². The van der Waals surface area contributed by atoms with Crippen molar-refractivity contribution in [3.05, 3.63) is 49.6 Å². The van der Waals surface area contributed by atoms with Crippen LogP contribution in [0, 0.1) is 0 Å².